The molecule has 2 N–H and O–H groups in total. The fraction of sp³-hybridized carbons (Fsp3) is 0.0909. The van der Waals surface area contributed by atoms with Crippen LogP contribution in [0.5, 0.6) is 0 Å². The van der Waals surface area contributed by atoms with Gasteiger partial charge >= 0.3 is 5.97 Å². The summed E-state index contributed by atoms with van der Waals surface area (Å²) in [6.45, 7) is 0.513. The molecule has 2 aromatic carbocycles. The van der Waals surface area contributed by atoms with E-state index < -0.39 is 11.8 Å². The predicted octanol–water partition coefficient (Wildman–Crippen LogP) is 3.96. The lowest BCUT2D eigenvalue weighted by atomic mass is 9.98. The first kappa shape index (κ1) is 18.0. The van der Waals surface area contributed by atoms with Crippen LogP contribution in [-0.2, 0) is 6.54 Å². The normalized spacial score (nSPS) is 15.4. The molecule has 0 bridgehead atoms. The van der Waals surface area contributed by atoms with Gasteiger partial charge in [0.2, 0.25) is 0 Å². The molecule has 1 aliphatic heterocycles. The van der Waals surface area contributed by atoms with Gasteiger partial charge in [-0.25, -0.2) is 14.3 Å². The predicted molar refractivity (Wildman–Crippen MR) is 109 cm³/mol. The van der Waals surface area contributed by atoms with Gasteiger partial charge in [-0.15, -0.1) is 5.10 Å². The smallest absolute Gasteiger partial charge is 0.338 e. The number of rotatable bonds is 4. The van der Waals surface area contributed by atoms with Gasteiger partial charge in [0.1, 0.15) is 11.5 Å². The monoisotopic (exact) mass is 401 g/mol. The van der Waals surface area contributed by atoms with Crippen LogP contribution in [-0.4, -0.2) is 31.5 Å². The zero-order valence-corrected chi connectivity index (χ0v) is 15.7. The number of halogens is 1. The second-order valence-electron chi connectivity index (χ2n) is 7.05. The van der Waals surface area contributed by atoms with Crippen LogP contribution in [0.3, 0.4) is 0 Å². The highest BCUT2D eigenvalue weighted by Gasteiger charge is 2.27. The highest BCUT2D eigenvalue weighted by molar-refractivity contribution is 5.88. The summed E-state index contributed by atoms with van der Waals surface area (Å²) in [7, 11) is 0. The Morgan fingerprint density at radius 3 is 2.93 bits per heavy atom. The van der Waals surface area contributed by atoms with Crippen molar-refractivity contribution >= 4 is 28.8 Å². The van der Waals surface area contributed by atoms with Gasteiger partial charge in [-0.05, 0) is 47.5 Å². The van der Waals surface area contributed by atoms with E-state index in [-0.39, 0.29) is 11.6 Å². The first-order valence-electron chi connectivity index (χ1n) is 9.32. The maximum absolute atomic E-state index is 14.4. The maximum Gasteiger partial charge on any atom is 0.338 e. The minimum absolute atomic E-state index is 0.318. The summed E-state index contributed by atoms with van der Waals surface area (Å²) in [5.41, 5.74) is 2.93. The lowest BCUT2D eigenvalue weighted by molar-refractivity contribution is 0.0692. The minimum Gasteiger partial charge on any atom is -0.478 e. The highest BCUT2D eigenvalue weighted by Crippen LogP contribution is 2.36. The van der Waals surface area contributed by atoms with Gasteiger partial charge in [-0.1, -0.05) is 29.5 Å². The Morgan fingerprint density at radius 2 is 2.10 bits per heavy atom. The number of carbonyl (C=O) groups is 1. The van der Waals surface area contributed by atoms with Crippen LogP contribution < -0.4 is 4.90 Å². The molecule has 0 amide bonds. The number of nitrogens with one attached hydrogen (secondary N) is 1. The molecule has 4 aromatic rings. The fourth-order valence-corrected chi connectivity index (χ4v) is 3.76. The molecule has 1 aliphatic rings. The number of aromatic carboxylic acids is 1. The number of aromatic amines is 1. The molecule has 0 aliphatic carbocycles. The summed E-state index contributed by atoms with van der Waals surface area (Å²) in [5.74, 6) is -1.34. The number of carboxylic acids is 1. The van der Waals surface area contributed by atoms with Gasteiger partial charge < -0.3 is 10.0 Å². The number of anilines is 1. The number of hydrogen-bond donors (Lipinski definition) is 2. The second kappa shape index (κ2) is 7.07. The SMILES string of the molecule is O=C(O)c1ccc(C2C=Cc3nn[nH]c3N2Cc2ccc3ncccc3c2)cc1F. The number of hydrogen-bond acceptors (Lipinski definition) is 5. The number of fused-ring (bicyclic) bond motifs is 2. The van der Waals surface area contributed by atoms with Crippen LogP contribution in [0.4, 0.5) is 10.2 Å². The van der Waals surface area contributed by atoms with Crippen molar-refractivity contribution < 1.29 is 14.3 Å². The molecule has 8 heteroatoms. The number of H-pyrrole nitrogens is 1. The molecule has 1 atom stereocenters. The third-order valence-electron chi connectivity index (χ3n) is 5.20. The van der Waals surface area contributed by atoms with Crippen molar-refractivity contribution in [3.05, 3.63) is 89.0 Å². The van der Waals surface area contributed by atoms with Crippen molar-refractivity contribution in [3.8, 4) is 0 Å². The van der Waals surface area contributed by atoms with Crippen LogP contribution in [0.25, 0.3) is 17.0 Å². The van der Waals surface area contributed by atoms with E-state index in [2.05, 4.69) is 26.5 Å². The van der Waals surface area contributed by atoms with E-state index in [1.54, 1.807) is 12.3 Å². The molecule has 0 fully saturated rings. The Bertz CT molecular complexity index is 1300. The quantitative estimate of drug-likeness (QED) is 0.537. The van der Waals surface area contributed by atoms with Crippen molar-refractivity contribution in [2.45, 2.75) is 12.6 Å². The molecule has 0 spiro atoms. The third-order valence-corrected chi connectivity index (χ3v) is 5.20. The molecule has 1 unspecified atom stereocenters. The number of carboxylic acid groups (broad SMARTS) is 1. The van der Waals surface area contributed by atoms with E-state index in [9.17, 15) is 9.18 Å². The molecule has 0 saturated heterocycles. The van der Waals surface area contributed by atoms with E-state index in [0.29, 0.717) is 17.8 Å². The van der Waals surface area contributed by atoms with Crippen LogP contribution in [0.1, 0.15) is 33.2 Å². The van der Waals surface area contributed by atoms with Gasteiger partial charge in [0.15, 0.2) is 5.82 Å². The van der Waals surface area contributed by atoms with Crippen molar-refractivity contribution in [3.63, 3.8) is 0 Å². The summed E-state index contributed by atoms with van der Waals surface area (Å²) >= 11 is 0. The summed E-state index contributed by atoms with van der Waals surface area (Å²) in [5, 5.41) is 21.0. The van der Waals surface area contributed by atoms with Crippen LogP contribution >= 0.6 is 0 Å². The van der Waals surface area contributed by atoms with E-state index in [1.807, 2.05) is 41.3 Å². The zero-order valence-electron chi connectivity index (χ0n) is 15.7. The van der Waals surface area contributed by atoms with Gasteiger partial charge in [0, 0.05) is 18.1 Å². The molecule has 2 aromatic heterocycles. The largest absolute Gasteiger partial charge is 0.478 e. The maximum atomic E-state index is 14.4. The zero-order chi connectivity index (χ0) is 20.7. The Hall–Kier alpha value is -4.07. The summed E-state index contributed by atoms with van der Waals surface area (Å²) < 4.78 is 14.4. The lowest BCUT2D eigenvalue weighted by Gasteiger charge is -2.33. The van der Waals surface area contributed by atoms with Crippen molar-refractivity contribution in [2.75, 3.05) is 4.90 Å². The number of pyridine rings is 1. The minimum atomic E-state index is -1.29. The summed E-state index contributed by atoms with van der Waals surface area (Å²) in [4.78, 5) is 17.5. The molecule has 30 heavy (non-hydrogen) atoms. The Labute approximate surface area is 170 Å². The van der Waals surface area contributed by atoms with Crippen LogP contribution in [0, 0.1) is 5.82 Å². The average Bonchev–Trinajstić information content (AvgIpc) is 3.23. The van der Waals surface area contributed by atoms with E-state index >= 15 is 0 Å². The molecule has 0 radical (unpaired) electrons. The molecule has 5 rings (SSSR count). The lowest BCUT2D eigenvalue weighted by Crippen LogP contribution is -2.30. The highest BCUT2D eigenvalue weighted by atomic mass is 19.1. The fourth-order valence-electron chi connectivity index (χ4n) is 3.76. The van der Waals surface area contributed by atoms with Crippen molar-refractivity contribution in [2.24, 2.45) is 0 Å². The molecular formula is C22H16FN5O2. The first-order valence-corrected chi connectivity index (χ1v) is 9.32. The van der Waals surface area contributed by atoms with Crippen LogP contribution in [0.15, 0.2) is 60.8 Å². The van der Waals surface area contributed by atoms with E-state index in [1.165, 1.54) is 12.1 Å². The molecule has 3 heterocycles. The Morgan fingerprint density at radius 1 is 1.20 bits per heavy atom. The Kier molecular flexibility index (Phi) is 4.24. The standard InChI is InChI=1S/C22H16FN5O2/c23-17-11-15(4-5-16(17)22(29)30)20-8-7-19-21(26-27-25-19)28(20)12-13-3-6-18-14(10-13)2-1-9-24-18/h1-11,20H,12H2,(H,29,30)(H,25,26,27). The molecule has 0 saturated carbocycles. The van der Waals surface area contributed by atoms with Gasteiger partial charge in [0.25, 0.3) is 0 Å². The third kappa shape index (κ3) is 3.08. The number of aromatic nitrogens is 4. The Balaban J connectivity index is 1.54. The van der Waals surface area contributed by atoms with E-state index in [0.717, 1.165) is 22.3 Å². The summed E-state index contributed by atoms with van der Waals surface area (Å²) in [6.07, 6.45) is 5.49. The van der Waals surface area contributed by atoms with E-state index in [4.69, 9.17) is 5.11 Å². The topological polar surface area (TPSA) is 95.0 Å². The van der Waals surface area contributed by atoms with Crippen LogP contribution in [0.2, 0.25) is 0 Å². The van der Waals surface area contributed by atoms with Crippen molar-refractivity contribution in [1.82, 2.24) is 20.4 Å². The van der Waals surface area contributed by atoms with Crippen molar-refractivity contribution in [1.29, 1.82) is 0 Å². The average molecular weight is 401 g/mol. The number of nitrogens with zero attached hydrogens (tertiary/aromatic N) is 4. The molecular weight excluding hydrogens is 385 g/mol. The molecule has 7 nitrogen and oxygen atoms in total. The molecule has 148 valence electrons. The first-order chi connectivity index (χ1) is 14.6. The van der Waals surface area contributed by atoms with Gasteiger partial charge in [-0.3, -0.25) is 4.98 Å². The van der Waals surface area contributed by atoms with Gasteiger partial charge in [0.05, 0.1) is 17.1 Å². The second-order valence-corrected chi connectivity index (χ2v) is 7.05. The number of benzene rings is 2. The summed E-state index contributed by atoms with van der Waals surface area (Å²) in [6, 6.07) is 13.8. The van der Waals surface area contributed by atoms with Gasteiger partial charge in [-0.2, -0.15) is 0 Å².